The lowest BCUT2D eigenvalue weighted by Crippen LogP contribution is -2.55. The molecule has 2 aliphatic heterocycles. The first kappa shape index (κ1) is 19.7. The first-order valence-corrected chi connectivity index (χ1v) is 10.6. The molecule has 1 amide bonds. The minimum Gasteiger partial charge on any atom is -0.340 e. The highest BCUT2D eigenvalue weighted by Gasteiger charge is 2.34. The van der Waals surface area contributed by atoms with Gasteiger partial charge in [-0.3, -0.25) is 15.4 Å². The van der Waals surface area contributed by atoms with Gasteiger partial charge in [0.1, 0.15) is 11.7 Å². The Kier molecular flexibility index (Phi) is 7.24. The first-order chi connectivity index (χ1) is 12.0. The standard InChI is InChI=1S/C18H30Cl2FN3O/c19-14-3-1-2-11(7-14)6-12-4-5-16(22-9-12)24-18(25)13-8-15(21)17(20)23-10-13/h11-17,22-23H,1-10H2,(H,24,25). The van der Waals surface area contributed by atoms with Crippen LogP contribution >= 0.6 is 23.2 Å². The second-order valence-electron chi connectivity index (χ2n) is 8.04. The fraction of sp³-hybridized carbons (Fsp3) is 0.944. The molecule has 0 aromatic rings. The third kappa shape index (κ3) is 5.69. The number of carbonyl (C=O) groups is 1. The van der Waals surface area contributed by atoms with Crippen molar-refractivity contribution in [3.63, 3.8) is 0 Å². The van der Waals surface area contributed by atoms with Crippen molar-refractivity contribution >= 4 is 29.1 Å². The van der Waals surface area contributed by atoms with Gasteiger partial charge in [0.2, 0.25) is 5.91 Å². The maximum atomic E-state index is 13.7. The van der Waals surface area contributed by atoms with Gasteiger partial charge >= 0.3 is 0 Å². The number of rotatable bonds is 4. The van der Waals surface area contributed by atoms with Crippen molar-refractivity contribution in [2.75, 3.05) is 13.1 Å². The van der Waals surface area contributed by atoms with Gasteiger partial charge in [-0.15, -0.1) is 23.2 Å². The zero-order chi connectivity index (χ0) is 17.8. The van der Waals surface area contributed by atoms with Crippen LogP contribution in [0.5, 0.6) is 0 Å². The number of amides is 1. The van der Waals surface area contributed by atoms with E-state index in [0.29, 0.717) is 17.8 Å². The summed E-state index contributed by atoms with van der Waals surface area (Å²) in [5.74, 6) is 1.01. The zero-order valence-corrected chi connectivity index (χ0v) is 16.2. The number of carbonyl (C=O) groups excluding carboxylic acids is 1. The van der Waals surface area contributed by atoms with E-state index < -0.39 is 11.7 Å². The van der Waals surface area contributed by atoms with Gasteiger partial charge in [-0.25, -0.2) is 4.39 Å². The number of piperidine rings is 2. The highest BCUT2D eigenvalue weighted by atomic mass is 35.5. The highest BCUT2D eigenvalue weighted by Crippen LogP contribution is 2.34. The lowest BCUT2D eigenvalue weighted by molar-refractivity contribution is -0.127. The molecular formula is C18H30Cl2FN3O. The van der Waals surface area contributed by atoms with E-state index in [4.69, 9.17) is 23.2 Å². The number of alkyl halides is 3. The number of halogens is 3. The third-order valence-corrected chi connectivity index (χ3v) is 6.80. The molecule has 1 saturated carbocycles. The maximum Gasteiger partial charge on any atom is 0.225 e. The fourth-order valence-electron chi connectivity index (χ4n) is 4.50. The zero-order valence-electron chi connectivity index (χ0n) is 14.7. The van der Waals surface area contributed by atoms with Crippen molar-refractivity contribution in [2.24, 2.45) is 17.8 Å². The summed E-state index contributed by atoms with van der Waals surface area (Å²) in [6.45, 7) is 1.38. The van der Waals surface area contributed by atoms with Gasteiger partial charge in [0, 0.05) is 11.9 Å². The molecule has 3 fully saturated rings. The van der Waals surface area contributed by atoms with Crippen LogP contribution in [-0.2, 0) is 4.79 Å². The van der Waals surface area contributed by atoms with Crippen LogP contribution in [0.15, 0.2) is 0 Å². The minimum atomic E-state index is -1.17. The summed E-state index contributed by atoms with van der Waals surface area (Å²) in [5, 5.41) is 9.70. The van der Waals surface area contributed by atoms with Crippen molar-refractivity contribution in [3.8, 4) is 0 Å². The minimum absolute atomic E-state index is 0.00247. The van der Waals surface area contributed by atoms with Gasteiger partial charge in [-0.05, 0) is 56.9 Å². The number of nitrogens with one attached hydrogen (secondary N) is 3. The Bertz CT molecular complexity index is 448. The first-order valence-electron chi connectivity index (χ1n) is 9.70. The molecule has 4 nitrogen and oxygen atoms in total. The Balaban J connectivity index is 1.37. The molecule has 25 heavy (non-hydrogen) atoms. The second-order valence-corrected chi connectivity index (χ2v) is 9.12. The molecule has 7 heteroatoms. The molecular weight excluding hydrogens is 364 g/mol. The van der Waals surface area contributed by atoms with Gasteiger partial charge in [0.05, 0.1) is 12.1 Å². The summed E-state index contributed by atoms with van der Waals surface area (Å²) in [5.41, 5.74) is -0.676. The molecule has 7 unspecified atom stereocenters. The van der Waals surface area contributed by atoms with E-state index in [0.717, 1.165) is 38.1 Å². The third-order valence-electron chi connectivity index (χ3n) is 5.98. The monoisotopic (exact) mass is 393 g/mol. The summed E-state index contributed by atoms with van der Waals surface area (Å²) < 4.78 is 13.7. The lowest BCUT2D eigenvalue weighted by atomic mass is 9.80. The van der Waals surface area contributed by atoms with Crippen molar-refractivity contribution in [3.05, 3.63) is 0 Å². The topological polar surface area (TPSA) is 53.2 Å². The molecule has 3 rings (SSSR count). The smallest absolute Gasteiger partial charge is 0.225 e. The Morgan fingerprint density at radius 2 is 1.88 bits per heavy atom. The molecule has 2 heterocycles. The summed E-state index contributed by atoms with van der Waals surface area (Å²) in [7, 11) is 0. The molecule has 3 aliphatic rings. The van der Waals surface area contributed by atoms with Gasteiger partial charge in [0.15, 0.2) is 0 Å². The van der Waals surface area contributed by atoms with Crippen LogP contribution in [0.3, 0.4) is 0 Å². The Morgan fingerprint density at radius 3 is 2.56 bits per heavy atom. The molecule has 0 spiro atoms. The predicted molar refractivity (Wildman–Crippen MR) is 99.5 cm³/mol. The van der Waals surface area contributed by atoms with E-state index in [2.05, 4.69) is 16.0 Å². The van der Waals surface area contributed by atoms with E-state index >= 15 is 0 Å². The average Bonchev–Trinajstić information content (AvgIpc) is 2.59. The van der Waals surface area contributed by atoms with Crippen LogP contribution in [-0.4, -0.2) is 42.2 Å². The molecule has 0 aromatic carbocycles. The Morgan fingerprint density at radius 1 is 1.04 bits per heavy atom. The quantitative estimate of drug-likeness (QED) is 0.507. The normalized spacial score (nSPS) is 42.8. The van der Waals surface area contributed by atoms with Crippen LogP contribution in [0.4, 0.5) is 4.39 Å². The Hall–Kier alpha value is -0.100. The highest BCUT2D eigenvalue weighted by molar-refractivity contribution is 6.21. The number of hydrogen-bond donors (Lipinski definition) is 3. The molecule has 0 bridgehead atoms. The van der Waals surface area contributed by atoms with E-state index in [1.165, 1.54) is 19.3 Å². The van der Waals surface area contributed by atoms with Gasteiger partial charge < -0.3 is 5.32 Å². The molecule has 7 atom stereocenters. The largest absolute Gasteiger partial charge is 0.340 e. The number of hydrogen-bond acceptors (Lipinski definition) is 3. The van der Waals surface area contributed by atoms with Gasteiger partial charge in [-0.2, -0.15) is 0 Å². The van der Waals surface area contributed by atoms with E-state index in [1.807, 2.05) is 0 Å². The van der Waals surface area contributed by atoms with Crippen molar-refractivity contribution in [1.82, 2.24) is 16.0 Å². The van der Waals surface area contributed by atoms with Crippen LogP contribution in [0.25, 0.3) is 0 Å². The van der Waals surface area contributed by atoms with Crippen LogP contribution < -0.4 is 16.0 Å². The SMILES string of the molecule is O=C(NC1CCC(CC2CCCC(Cl)C2)CN1)C1CNC(Cl)C(F)C1. The molecule has 0 radical (unpaired) electrons. The van der Waals surface area contributed by atoms with Crippen LogP contribution in [0.1, 0.15) is 51.4 Å². The van der Waals surface area contributed by atoms with Gasteiger partial charge in [0.25, 0.3) is 0 Å². The summed E-state index contributed by atoms with van der Waals surface area (Å²) >= 11 is 12.1. The molecule has 0 aromatic heterocycles. The van der Waals surface area contributed by atoms with E-state index in [-0.39, 0.29) is 24.4 Å². The average molecular weight is 394 g/mol. The second kappa shape index (κ2) is 9.20. The summed E-state index contributed by atoms with van der Waals surface area (Å²) in [4.78, 5) is 12.3. The van der Waals surface area contributed by atoms with E-state index in [9.17, 15) is 9.18 Å². The molecule has 1 aliphatic carbocycles. The van der Waals surface area contributed by atoms with E-state index in [1.54, 1.807) is 0 Å². The van der Waals surface area contributed by atoms with Crippen molar-refractivity contribution < 1.29 is 9.18 Å². The molecule has 2 saturated heterocycles. The molecule has 3 N–H and O–H groups in total. The fourth-order valence-corrected chi connectivity index (χ4v) is 5.10. The molecule has 144 valence electrons. The lowest BCUT2D eigenvalue weighted by Gasteiger charge is -2.35. The van der Waals surface area contributed by atoms with Crippen LogP contribution in [0.2, 0.25) is 0 Å². The van der Waals surface area contributed by atoms with Crippen molar-refractivity contribution in [2.45, 2.75) is 74.6 Å². The van der Waals surface area contributed by atoms with Crippen molar-refractivity contribution in [1.29, 1.82) is 0 Å². The maximum absolute atomic E-state index is 13.7. The predicted octanol–water partition coefficient (Wildman–Crippen LogP) is 3.13. The summed E-state index contributed by atoms with van der Waals surface area (Å²) in [6, 6.07) is 0. The van der Waals surface area contributed by atoms with Crippen LogP contribution in [0, 0.1) is 17.8 Å². The Labute approximate surface area is 160 Å². The van der Waals surface area contributed by atoms with Gasteiger partial charge in [-0.1, -0.05) is 12.8 Å². The summed E-state index contributed by atoms with van der Waals surface area (Å²) in [6.07, 6.45) is 7.21.